The number of carbonyl (C=O) groups excluding carboxylic acids is 1. The van der Waals surface area contributed by atoms with Gasteiger partial charge in [0.25, 0.3) is 0 Å². The maximum Gasteiger partial charge on any atom is 0.315 e. The summed E-state index contributed by atoms with van der Waals surface area (Å²) in [6.45, 7) is 4.16. The zero-order valence-electron chi connectivity index (χ0n) is 13.2. The van der Waals surface area contributed by atoms with Crippen LogP contribution in [0.2, 0.25) is 0 Å². The van der Waals surface area contributed by atoms with Gasteiger partial charge in [0.2, 0.25) is 0 Å². The van der Waals surface area contributed by atoms with Crippen molar-refractivity contribution in [3.8, 4) is 0 Å². The van der Waals surface area contributed by atoms with Crippen LogP contribution in [0.3, 0.4) is 0 Å². The number of carboxylic acids is 1. The van der Waals surface area contributed by atoms with Crippen LogP contribution in [0, 0.1) is 11.8 Å². The lowest BCUT2D eigenvalue weighted by atomic mass is 9.95. The monoisotopic (exact) mass is 316 g/mol. The molecule has 0 spiro atoms. The van der Waals surface area contributed by atoms with E-state index in [4.69, 9.17) is 5.11 Å². The Morgan fingerprint density at radius 1 is 1.29 bits per heavy atom. The number of rotatable bonds is 7. The predicted molar refractivity (Wildman–Crippen MR) is 86.7 cm³/mol. The molecule has 6 heteroatoms. The molecule has 1 saturated carbocycles. The van der Waals surface area contributed by atoms with Gasteiger partial charge in [-0.2, -0.15) is 11.8 Å². The van der Waals surface area contributed by atoms with E-state index in [1.807, 2.05) is 13.8 Å². The van der Waals surface area contributed by atoms with Gasteiger partial charge in [-0.05, 0) is 31.4 Å². The summed E-state index contributed by atoms with van der Waals surface area (Å²) in [6.07, 6.45) is 7.16. The highest BCUT2D eigenvalue weighted by molar-refractivity contribution is 7.99. The third-order valence-corrected chi connectivity index (χ3v) is 5.11. The van der Waals surface area contributed by atoms with Crippen LogP contribution in [-0.4, -0.2) is 41.2 Å². The highest BCUT2D eigenvalue weighted by Gasteiger charge is 2.26. The molecule has 2 amide bonds. The molecule has 0 aromatic carbocycles. The zero-order valence-corrected chi connectivity index (χ0v) is 14.0. The summed E-state index contributed by atoms with van der Waals surface area (Å²) in [7, 11) is 0. The first kappa shape index (κ1) is 18.1. The van der Waals surface area contributed by atoms with E-state index in [0.717, 1.165) is 19.3 Å². The Morgan fingerprint density at radius 3 is 2.52 bits per heavy atom. The first-order valence-corrected chi connectivity index (χ1v) is 9.02. The first-order valence-electron chi connectivity index (χ1n) is 7.74. The van der Waals surface area contributed by atoms with E-state index < -0.39 is 11.9 Å². The van der Waals surface area contributed by atoms with Gasteiger partial charge in [0.05, 0.1) is 5.92 Å². The molecule has 122 valence electrons. The Kier molecular flexibility index (Phi) is 7.93. The average molecular weight is 316 g/mol. The molecule has 1 fully saturated rings. The van der Waals surface area contributed by atoms with Gasteiger partial charge >= 0.3 is 12.0 Å². The number of hydrogen-bond donors (Lipinski definition) is 3. The Labute approximate surface area is 131 Å². The van der Waals surface area contributed by atoms with Crippen LogP contribution in [0.25, 0.3) is 0 Å². The topological polar surface area (TPSA) is 78.4 Å². The minimum atomic E-state index is -0.844. The Bertz CT molecular complexity index is 350. The van der Waals surface area contributed by atoms with Gasteiger partial charge in [0.15, 0.2) is 0 Å². The van der Waals surface area contributed by atoms with Crippen molar-refractivity contribution >= 4 is 23.8 Å². The van der Waals surface area contributed by atoms with Crippen LogP contribution in [0.1, 0.15) is 46.0 Å². The number of aliphatic carboxylic acids is 1. The van der Waals surface area contributed by atoms with Crippen molar-refractivity contribution in [1.82, 2.24) is 10.6 Å². The third kappa shape index (κ3) is 6.59. The SMILES string of the molecule is CSC1CCCCC1NC(=O)NCC(CC(C)C)C(=O)O. The molecule has 0 aliphatic heterocycles. The summed E-state index contributed by atoms with van der Waals surface area (Å²) in [6, 6.07) is -0.0434. The van der Waals surface area contributed by atoms with Crippen LogP contribution in [0.15, 0.2) is 0 Å². The summed E-state index contributed by atoms with van der Waals surface area (Å²) in [5.74, 6) is -1.06. The summed E-state index contributed by atoms with van der Waals surface area (Å²) in [4.78, 5) is 23.1. The standard InChI is InChI=1S/C15H28N2O3S/c1-10(2)8-11(14(18)19)9-16-15(20)17-12-6-4-5-7-13(12)21-3/h10-13H,4-9H2,1-3H3,(H,18,19)(H2,16,17,20). The Morgan fingerprint density at radius 2 is 1.95 bits per heavy atom. The summed E-state index contributed by atoms with van der Waals surface area (Å²) in [5.41, 5.74) is 0. The van der Waals surface area contributed by atoms with Crippen LogP contribution >= 0.6 is 11.8 Å². The van der Waals surface area contributed by atoms with Crippen molar-refractivity contribution in [3.63, 3.8) is 0 Å². The lowest BCUT2D eigenvalue weighted by Gasteiger charge is -2.31. The van der Waals surface area contributed by atoms with E-state index >= 15 is 0 Å². The second kappa shape index (κ2) is 9.18. The molecule has 21 heavy (non-hydrogen) atoms. The molecule has 0 aromatic heterocycles. The molecular weight excluding hydrogens is 288 g/mol. The van der Waals surface area contributed by atoms with Gasteiger partial charge in [-0.25, -0.2) is 4.79 Å². The summed E-state index contributed by atoms with van der Waals surface area (Å²) >= 11 is 1.80. The number of carboxylic acid groups (broad SMARTS) is 1. The van der Waals surface area contributed by atoms with Gasteiger partial charge < -0.3 is 15.7 Å². The normalized spacial score (nSPS) is 23.6. The van der Waals surface area contributed by atoms with Gasteiger partial charge in [-0.15, -0.1) is 0 Å². The van der Waals surface area contributed by atoms with E-state index in [-0.39, 0.29) is 18.6 Å². The van der Waals surface area contributed by atoms with Crippen molar-refractivity contribution < 1.29 is 14.7 Å². The maximum atomic E-state index is 12.0. The Balaban J connectivity index is 2.39. The highest BCUT2D eigenvalue weighted by Crippen LogP contribution is 2.27. The van der Waals surface area contributed by atoms with Crippen molar-refractivity contribution in [1.29, 1.82) is 0 Å². The van der Waals surface area contributed by atoms with Gasteiger partial charge in [-0.1, -0.05) is 26.7 Å². The number of nitrogens with one attached hydrogen (secondary N) is 2. The fraction of sp³-hybridized carbons (Fsp3) is 0.867. The molecular formula is C15H28N2O3S. The van der Waals surface area contributed by atoms with Crippen molar-refractivity contribution in [2.45, 2.75) is 57.2 Å². The number of carbonyl (C=O) groups is 2. The second-order valence-corrected chi connectivity index (χ2v) is 7.26. The van der Waals surface area contributed by atoms with Gasteiger partial charge in [0, 0.05) is 17.8 Å². The number of thioether (sulfide) groups is 1. The largest absolute Gasteiger partial charge is 0.481 e. The number of amides is 2. The summed E-state index contributed by atoms with van der Waals surface area (Å²) < 4.78 is 0. The van der Waals surface area contributed by atoms with E-state index in [1.54, 1.807) is 11.8 Å². The third-order valence-electron chi connectivity index (χ3n) is 3.94. The number of hydrogen-bond acceptors (Lipinski definition) is 3. The molecule has 0 aromatic rings. The van der Waals surface area contributed by atoms with E-state index in [1.165, 1.54) is 6.42 Å². The van der Waals surface area contributed by atoms with Crippen molar-refractivity contribution in [2.24, 2.45) is 11.8 Å². The molecule has 3 atom stereocenters. The second-order valence-electron chi connectivity index (χ2n) is 6.18. The van der Waals surface area contributed by atoms with Gasteiger partial charge in [0.1, 0.15) is 0 Å². The quantitative estimate of drug-likeness (QED) is 0.675. The fourth-order valence-electron chi connectivity index (χ4n) is 2.82. The van der Waals surface area contributed by atoms with Crippen LogP contribution < -0.4 is 10.6 Å². The summed E-state index contributed by atoms with van der Waals surface area (Å²) in [5, 5.41) is 15.4. The van der Waals surface area contributed by atoms with Crippen LogP contribution in [0.5, 0.6) is 0 Å². The number of urea groups is 1. The molecule has 0 bridgehead atoms. The van der Waals surface area contributed by atoms with Crippen LogP contribution in [0.4, 0.5) is 4.79 Å². The van der Waals surface area contributed by atoms with E-state index in [2.05, 4.69) is 16.9 Å². The highest BCUT2D eigenvalue weighted by atomic mass is 32.2. The molecule has 0 radical (unpaired) electrons. The lowest BCUT2D eigenvalue weighted by molar-refractivity contribution is -0.142. The van der Waals surface area contributed by atoms with Crippen molar-refractivity contribution in [3.05, 3.63) is 0 Å². The zero-order chi connectivity index (χ0) is 15.8. The smallest absolute Gasteiger partial charge is 0.315 e. The molecule has 1 aliphatic carbocycles. The minimum Gasteiger partial charge on any atom is -0.481 e. The van der Waals surface area contributed by atoms with Crippen LogP contribution in [-0.2, 0) is 4.79 Å². The van der Waals surface area contributed by atoms with E-state index in [0.29, 0.717) is 17.6 Å². The first-order chi connectivity index (χ1) is 9.93. The lowest BCUT2D eigenvalue weighted by Crippen LogP contribution is -2.49. The minimum absolute atomic E-state index is 0.190. The molecule has 5 nitrogen and oxygen atoms in total. The van der Waals surface area contributed by atoms with Crippen molar-refractivity contribution in [2.75, 3.05) is 12.8 Å². The predicted octanol–water partition coefficient (Wildman–Crippen LogP) is 2.71. The molecule has 3 unspecified atom stereocenters. The molecule has 0 heterocycles. The molecule has 1 rings (SSSR count). The van der Waals surface area contributed by atoms with Gasteiger partial charge in [-0.3, -0.25) is 4.79 Å². The molecule has 0 saturated heterocycles. The molecule has 3 N–H and O–H groups in total. The average Bonchev–Trinajstić information content (AvgIpc) is 2.43. The fourth-order valence-corrected chi connectivity index (χ4v) is 3.75. The van der Waals surface area contributed by atoms with E-state index in [9.17, 15) is 9.59 Å². The maximum absolute atomic E-state index is 12.0. The molecule has 1 aliphatic rings. The Hall–Kier alpha value is -0.910.